The number of methoxy groups -OCH3 is 1. The maximum absolute atomic E-state index is 5.40. The second-order valence-electron chi connectivity index (χ2n) is 6.84. The molecular formula is C20H35N5O. The molecule has 1 aliphatic rings. The molecule has 2 rings (SSSR count). The third-order valence-electron chi connectivity index (χ3n) is 4.86. The third kappa shape index (κ3) is 7.22. The van der Waals surface area contributed by atoms with Gasteiger partial charge in [0.15, 0.2) is 5.96 Å². The molecule has 0 aromatic heterocycles. The maximum Gasteiger partial charge on any atom is 0.190 e. The molecule has 0 amide bonds. The third-order valence-corrected chi connectivity index (χ3v) is 4.86. The number of nitrogens with zero attached hydrogens (tertiary/aromatic N) is 3. The van der Waals surface area contributed by atoms with E-state index in [0.29, 0.717) is 0 Å². The van der Waals surface area contributed by atoms with Crippen LogP contribution in [0.3, 0.4) is 0 Å². The molecule has 1 aromatic rings. The van der Waals surface area contributed by atoms with Crippen LogP contribution in [0.25, 0.3) is 0 Å². The molecule has 1 fully saturated rings. The lowest BCUT2D eigenvalue weighted by atomic mass is 10.1. The second kappa shape index (κ2) is 11.8. The Morgan fingerprint density at radius 1 is 1.12 bits per heavy atom. The molecule has 1 saturated heterocycles. The van der Waals surface area contributed by atoms with Crippen molar-refractivity contribution in [3.05, 3.63) is 29.8 Å². The van der Waals surface area contributed by atoms with Crippen LogP contribution in [0.15, 0.2) is 29.3 Å². The fourth-order valence-corrected chi connectivity index (χ4v) is 3.28. The summed E-state index contributed by atoms with van der Waals surface area (Å²) in [4.78, 5) is 9.31. The molecule has 1 aromatic carbocycles. The zero-order valence-corrected chi connectivity index (χ0v) is 16.6. The van der Waals surface area contributed by atoms with E-state index in [1.165, 1.54) is 38.2 Å². The normalized spacial score (nSPS) is 17.0. The summed E-state index contributed by atoms with van der Waals surface area (Å²) < 4.78 is 5.40. The van der Waals surface area contributed by atoms with Gasteiger partial charge in [0.05, 0.1) is 7.11 Å². The SMILES string of the molecule is CN=C(NCCCN1CCCN(C)CC1)NCCc1ccccc1OC. The summed E-state index contributed by atoms with van der Waals surface area (Å²) in [7, 11) is 5.75. The Morgan fingerprint density at radius 2 is 1.92 bits per heavy atom. The topological polar surface area (TPSA) is 52.1 Å². The summed E-state index contributed by atoms with van der Waals surface area (Å²) in [5, 5.41) is 6.81. The summed E-state index contributed by atoms with van der Waals surface area (Å²) >= 11 is 0. The fourth-order valence-electron chi connectivity index (χ4n) is 3.28. The first-order valence-electron chi connectivity index (χ1n) is 9.70. The lowest BCUT2D eigenvalue weighted by Gasteiger charge is -2.20. The monoisotopic (exact) mass is 361 g/mol. The number of aliphatic imine (C=N–C) groups is 1. The van der Waals surface area contributed by atoms with Crippen LogP contribution in [0, 0.1) is 0 Å². The summed E-state index contributed by atoms with van der Waals surface area (Å²) in [5.74, 6) is 1.82. The van der Waals surface area contributed by atoms with Crippen LogP contribution < -0.4 is 15.4 Å². The van der Waals surface area contributed by atoms with Crippen LogP contribution in [-0.4, -0.2) is 82.8 Å². The number of guanidine groups is 1. The van der Waals surface area contributed by atoms with Crippen LogP contribution in [0.5, 0.6) is 5.75 Å². The maximum atomic E-state index is 5.40. The van der Waals surface area contributed by atoms with Crippen molar-refractivity contribution in [1.82, 2.24) is 20.4 Å². The number of rotatable bonds is 8. The fraction of sp³-hybridized carbons (Fsp3) is 0.650. The molecule has 0 atom stereocenters. The molecule has 6 nitrogen and oxygen atoms in total. The van der Waals surface area contributed by atoms with Gasteiger partial charge in [-0.2, -0.15) is 0 Å². The van der Waals surface area contributed by atoms with Crippen molar-refractivity contribution >= 4 is 5.96 Å². The second-order valence-corrected chi connectivity index (χ2v) is 6.84. The highest BCUT2D eigenvalue weighted by atomic mass is 16.5. The average molecular weight is 362 g/mol. The van der Waals surface area contributed by atoms with E-state index in [1.807, 2.05) is 25.2 Å². The molecule has 0 aliphatic carbocycles. The number of hydrogen-bond donors (Lipinski definition) is 2. The molecule has 0 saturated carbocycles. The van der Waals surface area contributed by atoms with Crippen molar-refractivity contribution in [3.8, 4) is 5.75 Å². The van der Waals surface area contributed by atoms with Crippen molar-refractivity contribution in [2.24, 2.45) is 4.99 Å². The van der Waals surface area contributed by atoms with Gasteiger partial charge < -0.3 is 25.2 Å². The first-order valence-corrected chi connectivity index (χ1v) is 9.70. The molecule has 0 spiro atoms. The highest BCUT2D eigenvalue weighted by Gasteiger charge is 2.11. The minimum atomic E-state index is 0.832. The standard InChI is InChI=1S/C20H35N5O/c1-21-20(23-12-10-18-8-4-5-9-19(18)26-3)22-11-6-14-25-15-7-13-24(2)16-17-25/h4-5,8-9H,6-7,10-17H2,1-3H3,(H2,21,22,23). The number of ether oxygens (including phenoxy) is 1. The first kappa shape index (κ1) is 20.5. The highest BCUT2D eigenvalue weighted by molar-refractivity contribution is 5.79. The number of likely N-dealkylation sites (N-methyl/N-ethyl adjacent to an activating group) is 1. The number of nitrogens with one attached hydrogen (secondary N) is 2. The molecule has 6 heteroatoms. The number of benzene rings is 1. The van der Waals surface area contributed by atoms with Gasteiger partial charge in [0, 0.05) is 33.2 Å². The molecule has 0 bridgehead atoms. The molecule has 0 radical (unpaired) electrons. The Labute approximate surface area is 158 Å². The van der Waals surface area contributed by atoms with Gasteiger partial charge in [0.25, 0.3) is 0 Å². The van der Waals surface area contributed by atoms with Crippen molar-refractivity contribution in [2.45, 2.75) is 19.3 Å². The quantitative estimate of drug-likeness (QED) is 0.417. The van der Waals surface area contributed by atoms with E-state index in [1.54, 1.807) is 7.11 Å². The minimum absolute atomic E-state index is 0.832. The molecule has 146 valence electrons. The molecule has 2 N–H and O–H groups in total. The van der Waals surface area contributed by atoms with Crippen molar-refractivity contribution in [1.29, 1.82) is 0 Å². The van der Waals surface area contributed by atoms with Gasteiger partial charge in [-0.05, 0) is 57.6 Å². The van der Waals surface area contributed by atoms with Gasteiger partial charge in [-0.3, -0.25) is 4.99 Å². The largest absolute Gasteiger partial charge is 0.496 e. The van der Waals surface area contributed by atoms with Crippen molar-refractivity contribution in [3.63, 3.8) is 0 Å². The zero-order chi connectivity index (χ0) is 18.6. The smallest absolute Gasteiger partial charge is 0.190 e. The van der Waals surface area contributed by atoms with Gasteiger partial charge in [0.2, 0.25) is 0 Å². The van der Waals surface area contributed by atoms with Gasteiger partial charge in [-0.1, -0.05) is 18.2 Å². The van der Waals surface area contributed by atoms with E-state index in [2.05, 4.69) is 38.5 Å². The highest BCUT2D eigenvalue weighted by Crippen LogP contribution is 2.17. The summed E-state index contributed by atoms with van der Waals surface area (Å²) in [5.41, 5.74) is 1.21. The van der Waals surface area contributed by atoms with Gasteiger partial charge in [-0.15, -0.1) is 0 Å². The molecule has 26 heavy (non-hydrogen) atoms. The predicted molar refractivity (Wildman–Crippen MR) is 109 cm³/mol. The Hall–Kier alpha value is -1.79. The Kier molecular flexibility index (Phi) is 9.28. The lowest BCUT2D eigenvalue weighted by Crippen LogP contribution is -2.40. The van der Waals surface area contributed by atoms with Gasteiger partial charge in [0.1, 0.15) is 5.75 Å². The van der Waals surface area contributed by atoms with E-state index in [4.69, 9.17) is 4.74 Å². The predicted octanol–water partition coefficient (Wildman–Crippen LogP) is 1.43. The zero-order valence-electron chi connectivity index (χ0n) is 16.6. The van der Waals surface area contributed by atoms with E-state index in [-0.39, 0.29) is 0 Å². The van der Waals surface area contributed by atoms with Gasteiger partial charge in [-0.25, -0.2) is 0 Å². The summed E-state index contributed by atoms with van der Waals surface area (Å²) in [6, 6.07) is 8.16. The summed E-state index contributed by atoms with van der Waals surface area (Å²) in [6.07, 6.45) is 3.32. The van der Waals surface area contributed by atoms with E-state index < -0.39 is 0 Å². The van der Waals surface area contributed by atoms with Crippen LogP contribution >= 0.6 is 0 Å². The van der Waals surface area contributed by atoms with Crippen molar-refractivity contribution < 1.29 is 4.74 Å². The molecule has 1 aliphatic heterocycles. The molecular weight excluding hydrogens is 326 g/mol. The van der Waals surface area contributed by atoms with Gasteiger partial charge >= 0.3 is 0 Å². The first-order chi connectivity index (χ1) is 12.7. The van der Waals surface area contributed by atoms with Crippen LogP contribution in [0.1, 0.15) is 18.4 Å². The Morgan fingerprint density at radius 3 is 2.73 bits per heavy atom. The van der Waals surface area contributed by atoms with E-state index in [0.717, 1.165) is 44.2 Å². The Balaban J connectivity index is 1.62. The van der Waals surface area contributed by atoms with Crippen LogP contribution in [0.4, 0.5) is 0 Å². The summed E-state index contributed by atoms with van der Waals surface area (Å²) in [6.45, 7) is 7.73. The minimum Gasteiger partial charge on any atom is -0.496 e. The number of para-hydroxylation sites is 1. The average Bonchev–Trinajstić information content (AvgIpc) is 2.88. The lowest BCUT2D eigenvalue weighted by molar-refractivity contribution is 0.274. The molecule has 1 heterocycles. The van der Waals surface area contributed by atoms with E-state index in [9.17, 15) is 0 Å². The van der Waals surface area contributed by atoms with Crippen molar-refractivity contribution in [2.75, 3.05) is 67.0 Å². The Bertz CT molecular complexity index is 549. The van der Waals surface area contributed by atoms with Crippen LogP contribution in [-0.2, 0) is 6.42 Å². The number of hydrogen-bond acceptors (Lipinski definition) is 4. The van der Waals surface area contributed by atoms with E-state index >= 15 is 0 Å². The van der Waals surface area contributed by atoms with Crippen LogP contribution in [0.2, 0.25) is 0 Å². The molecule has 0 unspecified atom stereocenters.